The summed E-state index contributed by atoms with van der Waals surface area (Å²) in [6.07, 6.45) is 1.18. The Hall–Kier alpha value is -3.75. The predicted octanol–water partition coefficient (Wildman–Crippen LogP) is 4.63. The fourth-order valence-electron chi connectivity index (χ4n) is 10.9. The quantitative estimate of drug-likeness (QED) is 0.0271. The van der Waals surface area contributed by atoms with Crippen molar-refractivity contribution in [1.82, 2.24) is 40.9 Å². The molecule has 5 N–H and O–H groups in total. The van der Waals surface area contributed by atoms with Crippen LogP contribution in [-0.4, -0.2) is 207 Å². The number of ether oxygens (including phenoxy) is 2. The molecule has 0 saturated carbocycles. The van der Waals surface area contributed by atoms with Crippen molar-refractivity contribution in [3.05, 3.63) is 35.9 Å². The lowest BCUT2D eigenvalue weighted by atomic mass is 9.89. The highest BCUT2D eigenvalue weighted by Gasteiger charge is 2.50. The molecule has 82 heavy (non-hydrogen) atoms. The van der Waals surface area contributed by atoms with Crippen LogP contribution in [0.25, 0.3) is 0 Å². The van der Waals surface area contributed by atoms with Crippen molar-refractivity contribution >= 4 is 102 Å². The molecule has 14 atom stereocenters. The van der Waals surface area contributed by atoms with Gasteiger partial charge in [-0.25, -0.2) is 4.79 Å². The maximum atomic E-state index is 14.9. The van der Waals surface area contributed by atoms with Crippen molar-refractivity contribution in [3.63, 3.8) is 0 Å². The first kappa shape index (κ1) is 72.5. The van der Waals surface area contributed by atoms with Gasteiger partial charge in [-0.3, -0.25) is 58.8 Å². The second-order valence-corrected chi connectivity index (χ2v) is 25.5. The fraction of sp³-hybridized carbons (Fsp3) is 0.741. The molecule has 2 fully saturated rings. The highest BCUT2D eigenvalue weighted by Crippen LogP contribution is 2.35. The molecule has 0 aromatic heterocycles. The average Bonchev–Trinajstić information content (AvgIpc) is 4.03. The largest absolute Gasteiger partial charge is 0.480 e. The summed E-state index contributed by atoms with van der Waals surface area (Å²) in [7, 11) is 6.26. The number of imide groups is 1. The molecular formula is C58H96N8O12S4. The van der Waals surface area contributed by atoms with E-state index in [1.165, 1.54) is 37.7 Å². The summed E-state index contributed by atoms with van der Waals surface area (Å²) >= 11 is 11.2. The third-order valence-electron chi connectivity index (χ3n) is 16.1. The number of rotatable bonds is 38. The van der Waals surface area contributed by atoms with Gasteiger partial charge < -0.3 is 35.0 Å². The summed E-state index contributed by atoms with van der Waals surface area (Å²) in [5, 5.41) is 20.4. The van der Waals surface area contributed by atoms with Crippen LogP contribution in [0.3, 0.4) is 0 Å². The van der Waals surface area contributed by atoms with Crippen LogP contribution in [0.4, 0.5) is 0 Å². The lowest BCUT2D eigenvalue weighted by Gasteiger charge is -2.41. The molecule has 20 nitrogen and oxygen atoms in total. The van der Waals surface area contributed by atoms with Crippen molar-refractivity contribution in [2.24, 2.45) is 29.6 Å². The van der Waals surface area contributed by atoms with Crippen molar-refractivity contribution in [3.8, 4) is 0 Å². The van der Waals surface area contributed by atoms with Gasteiger partial charge in [0.2, 0.25) is 35.4 Å². The van der Waals surface area contributed by atoms with Crippen LogP contribution in [0.1, 0.15) is 113 Å². The molecule has 2 saturated heterocycles. The SMILES string of the molecule is CCC(=O)[C@H](CS)NCSC1C(=O)N(CN(C)[C@H](C(=O)N[C@H](C(=O)N(C)C([C@H](CC(=O)N2CCC[C@H]2[C@@H](OC)[C@@H](C)C(=O)N[C@@H](Cc2ccccc2)C(=O)O)OC)[C@@H](C)CC)C(C)C)C(C)C)C(=O)C1SCN[C@@H](CS)C(=O)[C@@H](C)CC. The van der Waals surface area contributed by atoms with E-state index in [2.05, 4.69) is 46.5 Å². The number of benzene rings is 1. The van der Waals surface area contributed by atoms with Gasteiger partial charge in [0, 0.05) is 69.8 Å². The molecule has 24 heteroatoms. The van der Waals surface area contributed by atoms with Crippen LogP contribution >= 0.6 is 48.8 Å². The van der Waals surface area contributed by atoms with Gasteiger partial charge in [-0.05, 0) is 49.6 Å². The zero-order valence-electron chi connectivity index (χ0n) is 50.8. The summed E-state index contributed by atoms with van der Waals surface area (Å²) in [6.45, 7) is 18.6. The molecule has 2 aliphatic rings. The monoisotopic (exact) mass is 1220 g/mol. The number of Topliss-reactive ketones (excluding diaryl/α,β-unsaturated/α-hetero) is 2. The number of likely N-dealkylation sites (tertiary alicyclic amines) is 2. The number of nitrogens with zero attached hydrogens (tertiary/aromatic N) is 4. The average molecular weight is 1230 g/mol. The van der Waals surface area contributed by atoms with Gasteiger partial charge in [0.25, 0.3) is 0 Å². The van der Waals surface area contributed by atoms with Crippen LogP contribution in [-0.2, 0) is 59.0 Å². The van der Waals surface area contributed by atoms with E-state index in [1.807, 2.05) is 61.5 Å². The molecule has 0 radical (unpaired) electrons. The van der Waals surface area contributed by atoms with Gasteiger partial charge in [-0.15, -0.1) is 23.5 Å². The van der Waals surface area contributed by atoms with E-state index >= 15 is 0 Å². The number of carboxylic acids is 1. The molecule has 0 aliphatic carbocycles. The molecular weight excluding hydrogens is 1130 g/mol. The molecule has 1 aromatic rings. The van der Waals surface area contributed by atoms with Crippen molar-refractivity contribution in [2.75, 3.05) is 64.8 Å². The summed E-state index contributed by atoms with van der Waals surface area (Å²) in [5.74, 6) is -4.90. The Morgan fingerprint density at radius 3 is 1.85 bits per heavy atom. The third kappa shape index (κ3) is 19.6. The molecule has 464 valence electrons. The fourth-order valence-corrected chi connectivity index (χ4v) is 14.1. The number of hydrogen-bond acceptors (Lipinski definition) is 18. The first-order chi connectivity index (χ1) is 38.8. The molecule has 0 spiro atoms. The van der Waals surface area contributed by atoms with E-state index in [1.54, 1.807) is 66.9 Å². The van der Waals surface area contributed by atoms with E-state index in [-0.39, 0.29) is 78.0 Å². The first-order valence-corrected chi connectivity index (χ1v) is 32.2. The molecule has 6 amide bonds. The van der Waals surface area contributed by atoms with Crippen molar-refractivity contribution in [1.29, 1.82) is 0 Å². The normalized spacial score (nSPS) is 20.6. The van der Waals surface area contributed by atoms with Crippen LogP contribution in [0.5, 0.6) is 0 Å². The van der Waals surface area contributed by atoms with E-state index in [0.29, 0.717) is 38.6 Å². The minimum absolute atomic E-state index is 0.00676. The standard InChI is InChI=1S/C58H96N8O12S4/c1-15-35(8)48(44(77-13)27-45(68)65-25-21-24-42(65)50(78-14)37(10)53(70)61-39(58(75)76)26-38-22-19-18-20-23-38)64(12)55(72)46(33(4)5)62-54(71)47(34(6)7)63(11)32-66-56(73)51(81-30-59-40(28-79)43(67)17-3)52(57(66)74)82-31-60-41(29-80)49(69)36(9)16-2/h18-20,22-23,33-37,39-42,44,46-48,50-52,59-60,79-80H,15-17,21,24-32H2,1-14H3,(H,61,70)(H,62,71)(H,75,76)/t35-,36-,37+,39-,40-,41-,42-,44-,46-,47-,48?,50-,51?,52?/m0/s1. The topological polar surface area (TPSA) is 253 Å². The maximum Gasteiger partial charge on any atom is 0.326 e. The minimum Gasteiger partial charge on any atom is -0.480 e. The first-order valence-electron chi connectivity index (χ1n) is 28.8. The number of carboxylic acid groups (broad SMARTS) is 1. The van der Waals surface area contributed by atoms with E-state index in [9.17, 15) is 48.3 Å². The summed E-state index contributed by atoms with van der Waals surface area (Å²) < 4.78 is 12.0. The Bertz CT molecular complexity index is 2270. The summed E-state index contributed by atoms with van der Waals surface area (Å²) in [6, 6.07) is 3.64. The molecule has 3 unspecified atom stereocenters. The Balaban J connectivity index is 1.83. The van der Waals surface area contributed by atoms with E-state index < -0.39 is 112 Å². The number of carbonyl (C=O) groups excluding carboxylic acids is 8. The lowest BCUT2D eigenvalue weighted by Crippen LogP contribution is -2.60. The number of nitrogens with one attached hydrogen (secondary N) is 4. The van der Waals surface area contributed by atoms with Gasteiger partial charge in [-0.1, -0.05) is 106 Å². The molecule has 0 bridgehead atoms. The number of aliphatic carboxylic acids is 1. The molecule has 3 rings (SSSR count). The number of methoxy groups -OCH3 is 2. The smallest absolute Gasteiger partial charge is 0.326 e. The number of carbonyl (C=O) groups is 9. The maximum absolute atomic E-state index is 14.9. The van der Waals surface area contributed by atoms with E-state index in [4.69, 9.17) is 9.47 Å². The van der Waals surface area contributed by atoms with Crippen molar-refractivity contribution in [2.45, 2.75) is 179 Å². The highest BCUT2D eigenvalue weighted by molar-refractivity contribution is 8.04. The number of hydrogen-bond donors (Lipinski definition) is 7. The second-order valence-electron chi connectivity index (χ2n) is 22.5. The van der Waals surface area contributed by atoms with Crippen LogP contribution in [0.2, 0.25) is 0 Å². The minimum atomic E-state index is -1.18. The van der Waals surface area contributed by atoms with Gasteiger partial charge in [0.1, 0.15) is 28.4 Å². The molecule has 1 aromatic carbocycles. The third-order valence-corrected chi connectivity index (χ3v) is 19.4. The van der Waals surface area contributed by atoms with Gasteiger partial charge in [-0.2, -0.15) is 25.3 Å². The number of thioether (sulfide) groups is 2. The number of ketones is 2. The summed E-state index contributed by atoms with van der Waals surface area (Å²) in [5.41, 5.74) is 0.752. The van der Waals surface area contributed by atoms with Crippen LogP contribution in [0.15, 0.2) is 30.3 Å². The highest BCUT2D eigenvalue weighted by atomic mass is 32.2. The predicted molar refractivity (Wildman–Crippen MR) is 330 cm³/mol. The summed E-state index contributed by atoms with van der Waals surface area (Å²) in [4.78, 5) is 130. The van der Waals surface area contributed by atoms with Gasteiger partial charge in [0.15, 0.2) is 5.78 Å². The zero-order chi connectivity index (χ0) is 61.7. The van der Waals surface area contributed by atoms with Crippen molar-refractivity contribution < 1.29 is 57.7 Å². The van der Waals surface area contributed by atoms with Gasteiger partial charge in [0.05, 0.1) is 61.4 Å². The lowest BCUT2D eigenvalue weighted by molar-refractivity contribution is -0.149. The van der Waals surface area contributed by atoms with Gasteiger partial charge >= 0.3 is 5.97 Å². The Morgan fingerprint density at radius 2 is 1.37 bits per heavy atom. The Kier molecular flexibility index (Phi) is 31.5. The number of thiol groups is 2. The van der Waals surface area contributed by atoms with Crippen LogP contribution < -0.4 is 21.3 Å². The molecule has 2 aliphatic heterocycles. The zero-order valence-corrected chi connectivity index (χ0v) is 54.2. The van der Waals surface area contributed by atoms with Crippen LogP contribution in [0, 0.1) is 29.6 Å². The Labute approximate surface area is 507 Å². The number of amides is 6. The van der Waals surface area contributed by atoms with E-state index in [0.717, 1.165) is 10.5 Å². The molecule has 2 heterocycles. The second kappa shape index (κ2) is 35.6. The Morgan fingerprint density at radius 1 is 0.780 bits per heavy atom. The number of likely N-dealkylation sites (N-methyl/N-ethyl adjacent to an activating group) is 2.